The first-order valence-corrected chi connectivity index (χ1v) is 13.4. The molecule has 0 unspecified atom stereocenters. The minimum atomic E-state index is -0.580. The monoisotopic (exact) mass is 572 g/mol. The number of methoxy groups -OCH3 is 2. The Morgan fingerprint density at radius 3 is 1.90 bits per heavy atom. The maximum Gasteiger partial charge on any atom is 0.412 e. The molecule has 0 atom stereocenters. The zero-order valence-corrected chi connectivity index (χ0v) is 24.4. The fraction of sp³-hybridized carbons (Fsp3) is 0.483. The van der Waals surface area contributed by atoms with Gasteiger partial charge in [0.2, 0.25) is 0 Å². The predicted octanol–water partition coefficient (Wildman–Crippen LogP) is 3.83. The highest BCUT2D eigenvalue weighted by Crippen LogP contribution is 2.35. The molecule has 0 radical (unpaired) electrons. The Bertz CT molecular complexity index is 1210. The van der Waals surface area contributed by atoms with Gasteiger partial charge in [0, 0.05) is 51.9 Å². The summed E-state index contributed by atoms with van der Waals surface area (Å²) in [5, 5.41) is 2.67. The molecule has 0 saturated carbocycles. The fourth-order valence-corrected chi connectivity index (χ4v) is 4.14. The first-order valence-electron chi connectivity index (χ1n) is 13.4. The van der Waals surface area contributed by atoms with Crippen LogP contribution in [-0.4, -0.2) is 77.2 Å². The van der Waals surface area contributed by atoms with Crippen LogP contribution in [0.1, 0.15) is 33.6 Å². The number of fused-ring (bicyclic) bond motifs is 2. The van der Waals surface area contributed by atoms with Crippen LogP contribution in [0.2, 0.25) is 0 Å². The number of ether oxygens (including phenoxy) is 5. The zero-order valence-electron chi connectivity index (χ0n) is 24.4. The number of rotatable bonds is 9. The van der Waals surface area contributed by atoms with Crippen LogP contribution in [0, 0.1) is 0 Å². The number of nitrogens with zero attached hydrogens (tertiary/aromatic N) is 2. The maximum absolute atomic E-state index is 12.1. The summed E-state index contributed by atoms with van der Waals surface area (Å²) < 4.78 is 26.1. The molecule has 0 saturated heterocycles. The topological polar surface area (TPSA) is 142 Å². The summed E-state index contributed by atoms with van der Waals surface area (Å²) in [5.74, 6) is 1.16. The molecule has 0 bridgehead atoms. The van der Waals surface area contributed by atoms with Gasteiger partial charge in [-0.05, 0) is 70.0 Å². The Morgan fingerprint density at radius 2 is 1.39 bits per heavy atom. The normalized spacial score (nSPS) is 14.2. The van der Waals surface area contributed by atoms with Crippen molar-refractivity contribution in [2.75, 3.05) is 74.6 Å². The lowest BCUT2D eigenvalue weighted by molar-refractivity contribution is -0.122. The lowest BCUT2D eigenvalue weighted by Crippen LogP contribution is -2.39. The van der Waals surface area contributed by atoms with Crippen LogP contribution in [0.15, 0.2) is 36.4 Å². The molecule has 224 valence electrons. The van der Waals surface area contributed by atoms with Crippen molar-refractivity contribution < 1.29 is 38.1 Å². The number of amides is 3. The van der Waals surface area contributed by atoms with E-state index in [1.54, 1.807) is 81.2 Å². The average Bonchev–Trinajstić information content (AvgIpc) is 2.90. The molecule has 3 N–H and O–H groups in total. The third kappa shape index (κ3) is 9.25. The van der Waals surface area contributed by atoms with Gasteiger partial charge in [0.1, 0.15) is 17.1 Å². The second-order valence-electron chi connectivity index (χ2n) is 10.4. The second-order valence-corrected chi connectivity index (χ2v) is 10.4. The van der Waals surface area contributed by atoms with Crippen molar-refractivity contribution in [1.29, 1.82) is 0 Å². The number of hydrogen-bond acceptors (Lipinski definition) is 9. The molecule has 2 aromatic rings. The summed E-state index contributed by atoms with van der Waals surface area (Å²) in [6.07, 6.45) is 0.957. The first-order chi connectivity index (χ1) is 19.5. The smallest absolute Gasteiger partial charge is 0.412 e. The quantitative estimate of drug-likeness (QED) is 0.339. The number of anilines is 4. The van der Waals surface area contributed by atoms with Gasteiger partial charge in [-0.1, -0.05) is 0 Å². The third-order valence-corrected chi connectivity index (χ3v) is 5.93. The lowest BCUT2D eigenvalue weighted by Gasteiger charge is -2.30. The van der Waals surface area contributed by atoms with Gasteiger partial charge >= 0.3 is 6.09 Å². The van der Waals surface area contributed by atoms with Gasteiger partial charge in [-0.25, -0.2) is 4.79 Å². The molecule has 0 fully saturated rings. The molecule has 0 aromatic heterocycles. The van der Waals surface area contributed by atoms with Crippen LogP contribution >= 0.6 is 0 Å². The van der Waals surface area contributed by atoms with Crippen LogP contribution in [0.5, 0.6) is 11.5 Å². The molecular formula is C29H40N4O8. The van der Waals surface area contributed by atoms with Crippen molar-refractivity contribution in [1.82, 2.24) is 0 Å². The summed E-state index contributed by atoms with van der Waals surface area (Å²) in [4.78, 5) is 39.1. The molecule has 2 heterocycles. The van der Waals surface area contributed by atoms with Crippen molar-refractivity contribution in [3.05, 3.63) is 36.4 Å². The number of nitrogens with two attached hydrogens (primary N) is 1. The molecule has 2 aromatic carbocycles. The van der Waals surface area contributed by atoms with Crippen molar-refractivity contribution in [2.24, 2.45) is 0 Å². The fourth-order valence-electron chi connectivity index (χ4n) is 4.14. The highest BCUT2D eigenvalue weighted by molar-refractivity contribution is 5.99. The zero-order chi connectivity index (χ0) is 30.0. The largest absolute Gasteiger partial charge is 0.482 e. The Kier molecular flexibility index (Phi) is 11.2. The Balaban J connectivity index is 0.000000239. The van der Waals surface area contributed by atoms with Crippen molar-refractivity contribution >= 4 is 40.7 Å². The lowest BCUT2D eigenvalue weighted by atomic mass is 10.2. The molecule has 0 aliphatic carbocycles. The van der Waals surface area contributed by atoms with E-state index in [2.05, 4.69) is 5.32 Å². The molecule has 12 nitrogen and oxygen atoms in total. The van der Waals surface area contributed by atoms with Crippen LogP contribution in [-0.2, 0) is 23.8 Å². The Labute approximate surface area is 240 Å². The summed E-state index contributed by atoms with van der Waals surface area (Å²) in [6, 6.07) is 10.5. The first kappa shape index (κ1) is 31.5. The summed E-state index contributed by atoms with van der Waals surface area (Å²) in [6.45, 7) is 7.82. The van der Waals surface area contributed by atoms with E-state index in [1.165, 1.54) is 0 Å². The second kappa shape index (κ2) is 14.6. The van der Waals surface area contributed by atoms with Crippen LogP contribution in [0.25, 0.3) is 0 Å². The van der Waals surface area contributed by atoms with Gasteiger partial charge in [0.25, 0.3) is 11.8 Å². The van der Waals surface area contributed by atoms with E-state index in [1.807, 2.05) is 0 Å². The SMILES string of the molecule is COCCCN1C(=O)COc2ccc(N)cc21.COCCCN1C(=O)COc2ccc(NC(=O)OC(C)(C)C)cc21. The average molecular weight is 573 g/mol. The van der Waals surface area contributed by atoms with Crippen LogP contribution < -0.4 is 30.3 Å². The molecule has 12 heteroatoms. The van der Waals surface area contributed by atoms with E-state index in [-0.39, 0.29) is 25.0 Å². The molecule has 0 spiro atoms. The highest BCUT2D eigenvalue weighted by Gasteiger charge is 2.27. The van der Waals surface area contributed by atoms with Crippen molar-refractivity contribution in [2.45, 2.75) is 39.2 Å². The van der Waals surface area contributed by atoms with E-state index < -0.39 is 11.7 Å². The van der Waals surface area contributed by atoms with E-state index >= 15 is 0 Å². The van der Waals surface area contributed by atoms with Gasteiger partial charge in [-0.15, -0.1) is 0 Å². The van der Waals surface area contributed by atoms with Gasteiger partial charge in [0.05, 0.1) is 11.4 Å². The van der Waals surface area contributed by atoms with Crippen molar-refractivity contribution in [3.63, 3.8) is 0 Å². The standard InChI is InChI=1S/C17H24N2O5.C12H16N2O3/c1-17(2,3)24-16(21)18-12-6-7-14-13(10-12)19(8-5-9-22-4)15(20)11-23-14;1-16-6-2-5-14-10-7-9(13)3-4-11(10)17-8-12(14)15/h6-7,10H,5,8-9,11H2,1-4H3,(H,18,21);3-4,7H,2,5-6,8,13H2,1H3. The summed E-state index contributed by atoms with van der Waals surface area (Å²) in [5.41, 5.74) is 7.69. The van der Waals surface area contributed by atoms with Crippen LogP contribution in [0.3, 0.4) is 0 Å². The van der Waals surface area contributed by atoms with E-state index in [4.69, 9.17) is 29.4 Å². The Hall–Kier alpha value is -4.03. The Morgan fingerprint density at radius 1 is 0.878 bits per heavy atom. The van der Waals surface area contributed by atoms with E-state index in [0.717, 1.165) is 12.1 Å². The number of nitrogens with one attached hydrogen (secondary N) is 1. The summed E-state index contributed by atoms with van der Waals surface area (Å²) >= 11 is 0. The van der Waals surface area contributed by atoms with Gasteiger partial charge in [0.15, 0.2) is 13.2 Å². The molecule has 3 amide bonds. The molecular weight excluding hydrogens is 532 g/mol. The summed E-state index contributed by atoms with van der Waals surface area (Å²) in [7, 11) is 3.27. The molecule has 4 rings (SSSR count). The maximum atomic E-state index is 12.1. The molecule has 2 aliphatic heterocycles. The van der Waals surface area contributed by atoms with Gasteiger partial charge in [-0.2, -0.15) is 0 Å². The number of benzene rings is 2. The minimum absolute atomic E-state index is 0.0127. The minimum Gasteiger partial charge on any atom is -0.482 e. The van der Waals surface area contributed by atoms with Crippen LogP contribution in [0.4, 0.5) is 27.5 Å². The highest BCUT2D eigenvalue weighted by atomic mass is 16.6. The molecule has 41 heavy (non-hydrogen) atoms. The van der Waals surface area contributed by atoms with E-state index in [0.29, 0.717) is 61.3 Å². The van der Waals surface area contributed by atoms with Crippen molar-refractivity contribution in [3.8, 4) is 11.5 Å². The molecule has 2 aliphatic rings. The number of nitrogen functional groups attached to an aromatic ring is 1. The number of carbonyl (C=O) groups is 3. The number of carbonyl (C=O) groups excluding carboxylic acids is 3. The third-order valence-electron chi connectivity index (χ3n) is 5.93. The van der Waals surface area contributed by atoms with Gasteiger partial charge < -0.3 is 39.2 Å². The number of hydrogen-bond donors (Lipinski definition) is 2. The van der Waals surface area contributed by atoms with E-state index in [9.17, 15) is 14.4 Å². The van der Waals surface area contributed by atoms with Gasteiger partial charge in [-0.3, -0.25) is 14.9 Å². The predicted molar refractivity (Wildman–Crippen MR) is 156 cm³/mol.